The highest BCUT2D eigenvalue weighted by atomic mass is 16.7. The van der Waals surface area contributed by atoms with Gasteiger partial charge in [0.05, 0.1) is 44.8 Å². The molecule has 0 aromatic heterocycles. The highest BCUT2D eigenvalue weighted by Crippen LogP contribution is 2.66. The van der Waals surface area contributed by atoms with E-state index in [1.807, 2.05) is 111 Å². The Labute approximate surface area is 631 Å². The molecule has 10 aliphatic carbocycles. The van der Waals surface area contributed by atoms with E-state index in [-0.39, 0.29) is 117 Å². The second-order valence-corrected chi connectivity index (χ2v) is 42.6. The van der Waals surface area contributed by atoms with Gasteiger partial charge in [-0.3, -0.25) is 38.4 Å². The Morgan fingerprint density at radius 2 is 0.679 bits per heavy atom. The Morgan fingerprint density at radius 3 is 1.14 bits per heavy atom. The van der Waals surface area contributed by atoms with Crippen LogP contribution in [0.4, 0.5) is 0 Å². The van der Waals surface area contributed by atoms with E-state index in [2.05, 4.69) is 34.6 Å². The third-order valence-electron chi connectivity index (χ3n) is 29.1. The van der Waals surface area contributed by atoms with Crippen molar-refractivity contribution in [1.29, 1.82) is 0 Å². The van der Waals surface area contributed by atoms with Crippen LogP contribution < -0.4 is 0 Å². The Bertz CT molecular complexity index is 3410. The molecule has 596 valence electrons. The van der Waals surface area contributed by atoms with E-state index in [1.165, 1.54) is 0 Å². The Kier molecular flexibility index (Phi) is 21.2. The van der Waals surface area contributed by atoms with Crippen LogP contribution in [0.5, 0.6) is 0 Å². The Balaban J connectivity index is 0.000000132. The van der Waals surface area contributed by atoms with Gasteiger partial charge in [0.1, 0.15) is 23.4 Å². The summed E-state index contributed by atoms with van der Waals surface area (Å²) < 4.78 is 57.9. The fourth-order valence-electron chi connectivity index (χ4n) is 23.3. The highest BCUT2D eigenvalue weighted by molar-refractivity contribution is 5.87. The van der Waals surface area contributed by atoms with E-state index in [4.69, 9.17) is 47.4 Å². The first-order chi connectivity index (χ1) is 48.7. The number of ether oxygens (including phenoxy) is 10. The van der Waals surface area contributed by atoms with Crippen molar-refractivity contribution >= 4 is 59.7 Å². The zero-order valence-electron chi connectivity index (χ0n) is 68.6. The predicted octanol–water partition coefficient (Wildman–Crippen LogP) is 17.0. The number of carbonyl (C=O) groups is 10. The van der Waals surface area contributed by atoms with Crippen LogP contribution in [0.2, 0.25) is 0 Å². The first-order valence-electron chi connectivity index (χ1n) is 41.0. The monoisotopic (exact) mass is 1480 g/mol. The third kappa shape index (κ3) is 16.4. The van der Waals surface area contributed by atoms with Gasteiger partial charge < -0.3 is 47.4 Å². The zero-order chi connectivity index (χ0) is 78.3. The summed E-state index contributed by atoms with van der Waals surface area (Å²) in [5.41, 5.74) is -5.63. The molecular weight excluding hydrogens is 1350 g/mol. The van der Waals surface area contributed by atoms with Gasteiger partial charge in [-0.15, -0.1) is 0 Å². The number of carbonyl (C=O) groups excluding carboxylic acids is 10. The summed E-state index contributed by atoms with van der Waals surface area (Å²) in [6.07, 6.45) is 24.3. The van der Waals surface area contributed by atoms with Gasteiger partial charge in [0.2, 0.25) is 11.2 Å². The van der Waals surface area contributed by atoms with Crippen LogP contribution in [-0.2, 0) is 95.3 Å². The second-order valence-electron chi connectivity index (χ2n) is 42.6. The minimum absolute atomic E-state index is 0.0153. The molecule has 10 saturated heterocycles. The number of hydrogen-bond donors (Lipinski definition) is 0. The van der Waals surface area contributed by atoms with E-state index in [9.17, 15) is 47.9 Å². The molecule has 20 heteroatoms. The number of rotatable bonds is 15. The van der Waals surface area contributed by atoms with Gasteiger partial charge >= 0.3 is 59.7 Å². The van der Waals surface area contributed by atoms with E-state index in [1.54, 1.807) is 0 Å². The summed E-state index contributed by atoms with van der Waals surface area (Å²) in [6, 6.07) is 0. The van der Waals surface area contributed by atoms with Crippen LogP contribution in [-0.4, -0.2) is 106 Å². The minimum Gasteiger partial charge on any atom is -0.459 e. The standard InChI is InChI=1S/3C18H28O4.2C16H24O4/c1-6-15(2,3)13(19)22-18-10-16(4)7-12(21-14(18)20)8-17(5,9-16)11-18;1-6-15(2,3)14(20)22-18-8-12-7-16(4,10-18)9-17(5,11-18)21-13(12)19;1-6-15(2,3)14(20)22-18-10-16(4)7-12(13(19)21-18)8-17(5,9-16)11-18;1-4-15(2,3)13(17)20-16-8-10-5-11(9-16)7-12(6-10)19-14(16)18;1-4-15(2,3)14(18)20-16-8-10-5-11(9-16)7-12(6-10)13(17)19-16/h3*12H,6-11H2,1-5H3;2*10-12H,4-9H2,1-3H3. The molecule has 10 saturated carbocycles. The SMILES string of the molecule is CCC(C)(C)C(=O)OC12CC3(C)CC(CC(C)(C3)C1)C(=O)O2.CCC(C)(C)C(=O)OC12CC3(C)CC(CC(C)(C3)C1)OC2=O.CCC(C)(C)C(=O)OC12CC3CC(C)(CC(C)(C1)OC3=O)C2.CCC(C)(C)C(=O)OC12CC3CC(CC(C3)C(=O)O1)C2.CCC(C)(C)C(=O)OC12CC3CC(CC(C3)OC1=O)C2. The molecule has 20 fully saturated rings. The van der Waals surface area contributed by atoms with Gasteiger partial charge in [-0.25, -0.2) is 9.59 Å². The van der Waals surface area contributed by atoms with Crippen molar-refractivity contribution in [3.8, 4) is 0 Å². The van der Waals surface area contributed by atoms with Gasteiger partial charge in [-0.05, 0) is 255 Å². The fraction of sp³-hybridized carbons (Fsp3) is 0.884. The van der Waals surface area contributed by atoms with E-state index in [0.29, 0.717) is 114 Å². The van der Waals surface area contributed by atoms with Crippen LogP contribution in [0.25, 0.3) is 0 Å². The van der Waals surface area contributed by atoms with Gasteiger partial charge in [-0.1, -0.05) is 69.2 Å². The Morgan fingerprint density at radius 1 is 0.330 bits per heavy atom. The molecule has 10 heterocycles. The second kappa shape index (κ2) is 27.6. The van der Waals surface area contributed by atoms with Crippen molar-refractivity contribution in [2.75, 3.05) is 0 Å². The van der Waals surface area contributed by atoms with Crippen LogP contribution in [0.3, 0.4) is 0 Å². The van der Waals surface area contributed by atoms with Gasteiger partial charge in [0, 0.05) is 64.2 Å². The fourth-order valence-corrected chi connectivity index (χ4v) is 23.3. The summed E-state index contributed by atoms with van der Waals surface area (Å²) in [7, 11) is 0. The molecule has 10 aliphatic heterocycles. The molecule has 106 heavy (non-hydrogen) atoms. The molecule has 20 nitrogen and oxygen atoms in total. The maximum absolute atomic E-state index is 12.7. The zero-order valence-corrected chi connectivity index (χ0v) is 68.6. The summed E-state index contributed by atoms with van der Waals surface area (Å²) in [5.74, 6) is -2.50. The lowest BCUT2D eigenvalue weighted by atomic mass is 9.52. The van der Waals surface area contributed by atoms with Crippen molar-refractivity contribution in [3.05, 3.63) is 0 Å². The van der Waals surface area contributed by atoms with Crippen molar-refractivity contribution in [1.82, 2.24) is 0 Å². The maximum Gasteiger partial charge on any atom is 0.350 e. The minimum atomic E-state index is -1.07. The van der Waals surface area contributed by atoms with E-state index < -0.39 is 61.1 Å². The maximum atomic E-state index is 12.7. The van der Waals surface area contributed by atoms with Gasteiger partial charge in [0.25, 0.3) is 11.6 Å². The molecule has 20 aliphatic rings. The summed E-state index contributed by atoms with van der Waals surface area (Å²) in [6.45, 7) is 41.8. The first-order valence-corrected chi connectivity index (χ1v) is 41.0. The van der Waals surface area contributed by atoms with Crippen LogP contribution in [0.1, 0.15) is 338 Å². The van der Waals surface area contributed by atoms with Crippen molar-refractivity contribution in [2.24, 2.45) is 95.6 Å². The Hall–Kier alpha value is -5.30. The molecule has 12 atom stereocenters. The lowest BCUT2D eigenvalue weighted by Crippen LogP contribution is -2.56. The molecule has 0 N–H and O–H groups in total. The van der Waals surface area contributed by atoms with Crippen LogP contribution in [0.15, 0.2) is 0 Å². The normalized spacial score (nSPS) is 42.0. The topological polar surface area (TPSA) is 263 Å². The number of hydrogen-bond acceptors (Lipinski definition) is 20. The quantitative estimate of drug-likeness (QED) is 0.109. The molecule has 0 aromatic carbocycles. The smallest absolute Gasteiger partial charge is 0.350 e. The van der Waals surface area contributed by atoms with Gasteiger partial charge in [-0.2, -0.15) is 0 Å². The highest BCUT2D eigenvalue weighted by Gasteiger charge is 2.68. The van der Waals surface area contributed by atoms with Crippen molar-refractivity contribution in [2.45, 2.75) is 384 Å². The molecule has 12 unspecified atom stereocenters. The molecule has 0 radical (unpaired) electrons. The predicted molar refractivity (Wildman–Crippen MR) is 391 cm³/mol. The largest absolute Gasteiger partial charge is 0.459 e. The van der Waals surface area contributed by atoms with Crippen LogP contribution in [0, 0.1) is 95.6 Å². The molecule has 0 aromatic rings. The van der Waals surface area contributed by atoms with E-state index >= 15 is 0 Å². The summed E-state index contributed by atoms with van der Waals surface area (Å²) in [4.78, 5) is 125. The number of esters is 10. The van der Waals surface area contributed by atoms with Crippen molar-refractivity contribution < 1.29 is 95.3 Å². The average Bonchev–Trinajstić information content (AvgIpc) is 1.48. The third-order valence-corrected chi connectivity index (χ3v) is 29.1. The molecule has 20 bridgehead atoms. The molecule has 0 amide bonds. The van der Waals surface area contributed by atoms with Gasteiger partial charge in [0.15, 0.2) is 0 Å². The molecule has 0 spiro atoms. The summed E-state index contributed by atoms with van der Waals surface area (Å²) in [5, 5.41) is 0. The summed E-state index contributed by atoms with van der Waals surface area (Å²) >= 11 is 0. The lowest BCUT2D eigenvalue weighted by Gasteiger charge is -2.54. The molecular formula is C86H132O20. The lowest BCUT2D eigenvalue weighted by molar-refractivity contribution is -0.260. The molecule has 20 rings (SSSR count). The first kappa shape index (κ1) is 81.7. The van der Waals surface area contributed by atoms with Crippen molar-refractivity contribution in [3.63, 3.8) is 0 Å². The number of fused-ring (bicyclic) bond motifs is 5. The average molecular weight is 1490 g/mol. The van der Waals surface area contributed by atoms with E-state index in [0.717, 1.165) is 103 Å². The van der Waals surface area contributed by atoms with Crippen LogP contribution >= 0.6 is 0 Å².